The van der Waals surface area contributed by atoms with Gasteiger partial charge in [-0.05, 0) is 53.4 Å². The molecule has 0 bridgehead atoms. The number of hydrogen-bond acceptors (Lipinski definition) is 3. The van der Waals surface area contributed by atoms with E-state index in [9.17, 15) is 4.79 Å². The van der Waals surface area contributed by atoms with Crippen molar-refractivity contribution in [1.29, 1.82) is 0 Å². The van der Waals surface area contributed by atoms with Crippen molar-refractivity contribution in [2.45, 2.75) is 89.8 Å². The highest BCUT2D eigenvalue weighted by Gasteiger charge is 2.35. The van der Waals surface area contributed by atoms with Gasteiger partial charge in [0, 0.05) is 24.7 Å². The molecule has 21 heavy (non-hydrogen) atoms. The summed E-state index contributed by atoms with van der Waals surface area (Å²) in [6.07, 6.45) is 8.60. The molecule has 0 radical (unpaired) electrons. The van der Waals surface area contributed by atoms with Crippen molar-refractivity contribution in [3.05, 3.63) is 0 Å². The van der Waals surface area contributed by atoms with Crippen LogP contribution in [0.1, 0.15) is 72.6 Å². The average Bonchev–Trinajstić information content (AvgIpc) is 2.38. The lowest BCUT2D eigenvalue weighted by atomic mass is 9.86. The first-order valence-electron chi connectivity index (χ1n) is 8.53. The van der Waals surface area contributed by atoms with E-state index in [1.807, 2.05) is 25.7 Å². The average molecular weight is 296 g/mol. The Hall–Kier alpha value is -0.770. The molecule has 0 atom stereocenters. The smallest absolute Gasteiger partial charge is 0.410 e. The predicted molar refractivity (Wildman–Crippen MR) is 85.5 cm³/mol. The fourth-order valence-electron chi connectivity index (χ4n) is 3.39. The van der Waals surface area contributed by atoms with Crippen molar-refractivity contribution in [2.24, 2.45) is 0 Å². The molecule has 1 heterocycles. The van der Waals surface area contributed by atoms with Crippen LogP contribution in [0.5, 0.6) is 0 Å². The maximum Gasteiger partial charge on any atom is 0.410 e. The van der Waals surface area contributed by atoms with Gasteiger partial charge in [-0.15, -0.1) is 0 Å². The lowest BCUT2D eigenvalue weighted by Gasteiger charge is -2.43. The Balaban J connectivity index is 1.80. The van der Waals surface area contributed by atoms with Gasteiger partial charge in [-0.1, -0.05) is 19.3 Å². The molecule has 0 aromatic heterocycles. The molecule has 0 spiro atoms. The van der Waals surface area contributed by atoms with Crippen molar-refractivity contribution >= 4 is 6.09 Å². The van der Waals surface area contributed by atoms with E-state index in [4.69, 9.17) is 4.74 Å². The number of nitrogens with zero attached hydrogens (tertiary/aromatic N) is 1. The number of hydrogen-bond donors (Lipinski definition) is 1. The van der Waals surface area contributed by atoms with Crippen LogP contribution in [0.25, 0.3) is 0 Å². The maximum atomic E-state index is 12.1. The second-order valence-electron chi connectivity index (χ2n) is 8.01. The van der Waals surface area contributed by atoms with Gasteiger partial charge in [0.05, 0.1) is 0 Å². The highest BCUT2D eigenvalue weighted by Crippen LogP contribution is 2.27. The van der Waals surface area contributed by atoms with Crippen molar-refractivity contribution in [3.8, 4) is 0 Å². The number of carbonyl (C=O) groups is 1. The summed E-state index contributed by atoms with van der Waals surface area (Å²) in [5.74, 6) is 0. The van der Waals surface area contributed by atoms with Gasteiger partial charge in [-0.25, -0.2) is 4.79 Å². The first-order valence-corrected chi connectivity index (χ1v) is 8.53. The van der Waals surface area contributed by atoms with Gasteiger partial charge < -0.3 is 15.0 Å². The molecule has 2 rings (SSSR count). The minimum absolute atomic E-state index is 0.165. The summed E-state index contributed by atoms with van der Waals surface area (Å²) in [6, 6.07) is 0.678. The second kappa shape index (κ2) is 6.55. The van der Waals surface area contributed by atoms with Crippen molar-refractivity contribution < 1.29 is 9.53 Å². The number of amides is 1. The van der Waals surface area contributed by atoms with Crippen LogP contribution >= 0.6 is 0 Å². The van der Waals surface area contributed by atoms with Gasteiger partial charge in [-0.3, -0.25) is 0 Å². The molecular formula is C17H32N2O2. The summed E-state index contributed by atoms with van der Waals surface area (Å²) in [6.45, 7) is 9.67. The minimum atomic E-state index is -0.405. The monoisotopic (exact) mass is 296 g/mol. The number of carbonyl (C=O) groups excluding carboxylic acids is 1. The largest absolute Gasteiger partial charge is 0.444 e. The molecule has 2 fully saturated rings. The molecule has 1 amide bonds. The van der Waals surface area contributed by atoms with E-state index < -0.39 is 5.60 Å². The molecule has 4 nitrogen and oxygen atoms in total. The summed E-state index contributed by atoms with van der Waals surface area (Å²) in [5.41, 5.74) is -0.224. The number of nitrogens with one attached hydrogen (secondary N) is 1. The summed E-state index contributed by atoms with van der Waals surface area (Å²) in [5, 5.41) is 3.86. The normalized spacial score (nSPS) is 23.9. The Labute approximate surface area is 129 Å². The first kappa shape index (κ1) is 16.6. The molecule has 1 N–H and O–H groups in total. The molecule has 1 saturated heterocycles. The Kier molecular flexibility index (Phi) is 5.18. The van der Waals surface area contributed by atoms with E-state index in [2.05, 4.69) is 12.2 Å². The minimum Gasteiger partial charge on any atom is -0.444 e. The van der Waals surface area contributed by atoms with Gasteiger partial charge in [0.2, 0.25) is 0 Å². The van der Waals surface area contributed by atoms with Crippen LogP contribution in [0.3, 0.4) is 0 Å². The van der Waals surface area contributed by atoms with Crippen LogP contribution in [-0.4, -0.2) is 41.3 Å². The van der Waals surface area contributed by atoms with Gasteiger partial charge >= 0.3 is 6.09 Å². The molecule has 0 aromatic carbocycles. The Morgan fingerprint density at radius 2 is 1.71 bits per heavy atom. The van der Waals surface area contributed by atoms with E-state index in [1.165, 1.54) is 32.1 Å². The summed E-state index contributed by atoms with van der Waals surface area (Å²) in [4.78, 5) is 14.0. The quantitative estimate of drug-likeness (QED) is 0.845. The van der Waals surface area contributed by atoms with Crippen LogP contribution < -0.4 is 5.32 Å². The molecule has 1 aliphatic carbocycles. The van der Waals surface area contributed by atoms with Gasteiger partial charge in [0.1, 0.15) is 5.60 Å². The van der Waals surface area contributed by atoms with Gasteiger partial charge in [-0.2, -0.15) is 0 Å². The molecule has 0 unspecified atom stereocenters. The van der Waals surface area contributed by atoms with Crippen molar-refractivity contribution in [2.75, 3.05) is 13.1 Å². The number of ether oxygens (including phenoxy) is 1. The number of rotatable bonds is 2. The van der Waals surface area contributed by atoms with E-state index >= 15 is 0 Å². The number of piperidine rings is 1. The molecule has 2 aliphatic rings. The topological polar surface area (TPSA) is 41.6 Å². The van der Waals surface area contributed by atoms with E-state index in [0.29, 0.717) is 6.04 Å². The highest BCUT2D eigenvalue weighted by molar-refractivity contribution is 5.68. The fourth-order valence-corrected chi connectivity index (χ4v) is 3.39. The van der Waals surface area contributed by atoms with Crippen LogP contribution in [0.15, 0.2) is 0 Å². The zero-order valence-corrected chi connectivity index (χ0v) is 14.2. The molecule has 122 valence electrons. The third-order valence-electron chi connectivity index (χ3n) is 4.68. The summed E-state index contributed by atoms with van der Waals surface area (Å²) >= 11 is 0. The SMILES string of the molecule is CC1(NC2CCCCC2)CCN(C(=O)OC(C)(C)C)CC1. The van der Waals surface area contributed by atoms with Crippen LogP contribution in [0.2, 0.25) is 0 Å². The fraction of sp³-hybridized carbons (Fsp3) is 0.941. The number of likely N-dealkylation sites (tertiary alicyclic amines) is 1. The van der Waals surface area contributed by atoms with E-state index in [1.54, 1.807) is 0 Å². The molecule has 4 heteroatoms. The van der Waals surface area contributed by atoms with E-state index in [0.717, 1.165) is 25.9 Å². The van der Waals surface area contributed by atoms with Crippen LogP contribution in [-0.2, 0) is 4.74 Å². The Morgan fingerprint density at radius 3 is 2.24 bits per heavy atom. The zero-order valence-electron chi connectivity index (χ0n) is 14.2. The standard InChI is InChI=1S/C17H32N2O2/c1-16(2,3)21-15(20)19-12-10-17(4,11-13-19)18-14-8-6-5-7-9-14/h14,18H,5-13H2,1-4H3. The second-order valence-corrected chi connectivity index (χ2v) is 8.01. The Morgan fingerprint density at radius 1 is 1.14 bits per heavy atom. The zero-order chi connectivity index (χ0) is 15.5. The molecule has 0 aromatic rings. The van der Waals surface area contributed by atoms with Crippen molar-refractivity contribution in [3.63, 3.8) is 0 Å². The van der Waals surface area contributed by atoms with Crippen LogP contribution in [0, 0.1) is 0 Å². The van der Waals surface area contributed by atoms with Crippen molar-refractivity contribution in [1.82, 2.24) is 10.2 Å². The molecular weight excluding hydrogens is 264 g/mol. The van der Waals surface area contributed by atoms with E-state index in [-0.39, 0.29) is 11.6 Å². The Bertz CT molecular complexity index is 348. The first-order chi connectivity index (χ1) is 9.77. The lowest BCUT2D eigenvalue weighted by molar-refractivity contribution is 0.0148. The van der Waals surface area contributed by atoms with Gasteiger partial charge in [0.25, 0.3) is 0 Å². The summed E-state index contributed by atoms with van der Waals surface area (Å²) in [7, 11) is 0. The predicted octanol–water partition coefficient (Wildman–Crippen LogP) is 3.70. The third-order valence-corrected chi connectivity index (χ3v) is 4.68. The lowest BCUT2D eigenvalue weighted by Crippen LogP contribution is -2.56. The highest BCUT2D eigenvalue weighted by atomic mass is 16.6. The summed E-state index contributed by atoms with van der Waals surface area (Å²) < 4.78 is 5.46. The van der Waals surface area contributed by atoms with Gasteiger partial charge in [0.15, 0.2) is 0 Å². The molecule has 1 aliphatic heterocycles. The van der Waals surface area contributed by atoms with Crippen LogP contribution in [0.4, 0.5) is 4.79 Å². The maximum absolute atomic E-state index is 12.1. The molecule has 1 saturated carbocycles. The third kappa shape index (κ3) is 5.17.